The highest BCUT2D eigenvalue weighted by molar-refractivity contribution is 6.31. The minimum absolute atomic E-state index is 0.401. The van der Waals surface area contributed by atoms with Gasteiger partial charge in [-0.05, 0) is 47.9 Å². The molecule has 3 rings (SSSR count). The van der Waals surface area contributed by atoms with Crippen molar-refractivity contribution in [2.75, 3.05) is 5.73 Å². The third-order valence-electron chi connectivity index (χ3n) is 3.17. The van der Waals surface area contributed by atoms with Gasteiger partial charge < -0.3 is 5.73 Å². The Hall–Kier alpha value is -1.62. The lowest BCUT2D eigenvalue weighted by atomic mass is 9.93. The van der Waals surface area contributed by atoms with E-state index in [0.717, 1.165) is 18.4 Å². The molecule has 17 heavy (non-hydrogen) atoms. The van der Waals surface area contributed by atoms with E-state index < -0.39 is 0 Å². The maximum Gasteiger partial charge on any atom is 0.184 e. The number of nitrogen functional groups attached to an aromatic ring is 1. The van der Waals surface area contributed by atoms with Gasteiger partial charge in [-0.15, -0.1) is 5.10 Å². The molecule has 0 saturated heterocycles. The summed E-state index contributed by atoms with van der Waals surface area (Å²) in [6, 6.07) is 5.74. The van der Waals surface area contributed by atoms with Gasteiger partial charge in [-0.25, -0.2) is 4.68 Å². The van der Waals surface area contributed by atoms with Crippen molar-refractivity contribution in [1.82, 2.24) is 20.2 Å². The molecule has 2 N–H and O–H groups in total. The highest BCUT2D eigenvalue weighted by Crippen LogP contribution is 2.35. The van der Waals surface area contributed by atoms with Crippen LogP contribution in [0.1, 0.15) is 25.3 Å². The van der Waals surface area contributed by atoms with Crippen LogP contribution < -0.4 is 5.73 Å². The highest BCUT2D eigenvalue weighted by atomic mass is 35.5. The monoisotopic (exact) mass is 249 g/mol. The number of hydrogen-bond donors (Lipinski definition) is 1. The van der Waals surface area contributed by atoms with Crippen molar-refractivity contribution in [1.29, 1.82) is 0 Å². The number of rotatable bonds is 2. The average Bonchev–Trinajstić information content (AvgIpc) is 2.68. The molecule has 1 aromatic heterocycles. The molecule has 1 aliphatic carbocycles. The Bertz CT molecular complexity index is 547. The van der Waals surface area contributed by atoms with Crippen molar-refractivity contribution in [3.63, 3.8) is 0 Å². The van der Waals surface area contributed by atoms with E-state index >= 15 is 0 Å². The number of anilines is 1. The van der Waals surface area contributed by atoms with Gasteiger partial charge in [-0.2, -0.15) is 0 Å². The van der Waals surface area contributed by atoms with E-state index in [0.29, 0.717) is 22.6 Å². The molecule has 1 heterocycles. The van der Waals surface area contributed by atoms with E-state index in [-0.39, 0.29) is 0 Å². The van der Waals surface area contributed by atoms with Crippen LogP contribution in [0.3, 0.4) is 0 Å². The molecular weight excluding hydrogens is 238 g/mol. The van der Waals surface area contributed by atoms with Gasteiger partial charge in [0.2, 0.25) is 0 Å². The molecule has 0 bridgehead atoms. The van der Waals surface area contributed by atoms with Crippen LogP contribution in [0, 0.1) is 0 Å². The van der Waals surface area contributed by atoms with Gasteiger partial charge >= 0.3 is 0 Å². The lowest BCUT2D eigenvalue weighted by Crippen LogP contribution is -2.19. The number of hydrogen-bond acceptors (Lipinski definition) is 4. The normalized spacial score (nSPS) is 15.8. The standard InChI is InChI=1S/C11H12ClN5/c12-7-4-5-10(13)9(6-7)11-14-15-16-17(11)8-2-1-3-8/h4-6,8H,1-3,13H2. The second kappa shape index (κ2) is 4.00. The summed E-state index contributed by atoms with van der Waals surface area (Å²) in [4.78, 5) is 0. The number of nitrogens with two attached hydrogens (primary N) is 1. The smallest absolute Gasteiger partial charge is 0.184 e. The average molecular weight is 250 g/mol. The van der Waals surface area contributed by atoms with E-state index in [1.165, 1.54) is 6.42 Å². The van der Waals surface area contributed by atoms with Gasteiger partial charge in [-0.3, -0.25) is 0 Å². The van der Waals surface area contributed by atoms with Gasteiger partial charge in [0.05, 0.1) is 6.04 Å². The summed E-state index contributed by atoms with van der Waals surface area (Å²) in [6.07, 6.45) is 3.48. The predicted octanol–water partition coefficient (Wildman–Crippen LogP) is 2.30. The van der Waals surface area contributed by atoms with Crippen LogP contribution in [0.25, 0.3) is 11.4 Å². The van der Waals surface area contributed by atoms with E-state index in [1.807, 2.05) is 4.68 Å². The van der Waals surface area contributed by atoms with E-state index in [4.69, 9.17) is 17.3 Å². The third kappa shape index (κ3) is 1.76. The zero-order chi connectivity index (χ0) is 11.8. The molecule has 0 amide bonds. The first-order valence-corrected chi connectivity index (χ1v) is 5.97. The number of halogens is 1. The summed E-state index contributed by atoms with van der Waals surface area (Å²) in [6.45, 7) is 0. The number of nitrogens with zero attached hydrogens (tertiary/aromatic N) is 4. The fraction of sp³-hybridized carbons (Fsp3) is 0.364. The molecule has 1 saturated carbocycles. The topological polar surface area (TPSA) is 69.6 Å². The van der Waals surface area contributed by atoms with Gasteiger partial charge in [0.15, 0.2) is 5.82 Å². The first kappa shape index (κ1) is 10.5. The minimum Gasteiger partial charge on any atom is -0.398 e. The van der Waals surface area contributed by atoms with Crippen molar-refractivity contribution >= 4 is 17.3 Å². The maximum atomic E-state index is 5.98. The van der Waals surface area contributed by atoms with Gasteiger partial charge in [0.25, 0.3) is 0 Å². The molecule has 6 heteroatoms. The Morgan fingerprint density at radius 2 is 2.18 bits per heavy atom. The Balaban J connectivity index is 2.08. The van der Waals surface area contributed by atoms with E-state index in [1.54, 1.807) is 18.2 Å². The molecule has 2 aromatic rings. The molecular formula is C11H12ClN5. The Labute approximate surface area is 104 Å². The molecule has 1 aromatic carbocycles. The maximum absolute atomic E-state index is 5.98. The van der Waals surface area contributed by atoms with Gasteiger partial charge in [0.1, 0.15) is 0 Å². The Kier molecular flexibility index (Phi) is 2.48. The lowest BCUT2D eigenvalue weighted by Gasteiger charge is -2.26. The highest BCUT2D eigenvalue weighted by Gasteiger charge is 2.25. The molecule has 5 nitrogen and oxygen atoms in total. The summed E-state index contributed by atoms with van der Waals surface area (Å²) in [5, 5.41) is 12.5. The predicted molar refractivity (Wildman–Crippen MR) is 65.6 cm³/mol. The molecule has 0 radical (unpaired) electrons. The van der Waals surface area contributed by atoms with Crippen LogP contribution in [0.2, 0.25) is 5.02 Å². The summed E-state index contributed by atoms with van der Waals surface area (Å²) < 4.78 is 1.85. The first-order chi connectivity index (χ1) is 8.25. The SMILES string of the molecule is Nc1ccc(Cl)cc1-c1nnnn1C1CCC1. The zero-order valence-electron chi connectivity index (χ0n) is 9.17. The van der Waals surface area contributed by atoms with Crippen LogP contribution in [-0.2, 0) is 0 Å². The summed E-state index contributed by atoms with van der Waals surface area (Å²) in [7, 11) is 0. The summed E-state index contributed by atoms with van der Waals surface area (Å²) in [5.41, 5.74) is 7.39. The summed E-state index contributed by atoms with van der Waals surface area (Å²) in [5.74, 6) is 0.703. The number of aromatic nitrogens is 4. The molecule has 88 valence electrons. The van der Waals surface area contributed by atoms with Crippen LogP contribution in [0.5, 0.6) is 0 Å². The van der Waals surface area contributed by atoms with Crippen LogP contribution in [0.15, 0.2) is 18.2 Å². The van der Waals surface area contributed by atoms with E-state index in [9.17, 15) is 0 Å². The zero-order valence-corrected chi connectivity index (χ0v) is 9.93. The number of tetrazole rings is 1. The number of benzene rings is 1. The van der Waals surface area contributed by atoms with Crippen molar-refractivity contribution in [2.45, 2.75) is 25.3 Å². The van der Waals surface area contributed by atoms with E-state index in [2.05, 4.69) is 15.5 Å². The second-order valence-corrected chi connectivity index (χ2v) is 4.70. The fourth-order valence-electron chi connectivity index (χ4n) is 1.97. The van der Waals surface area contributed by atoms with Crippen molar-refractivity contribution in [3.8, 4) is 11.4 Å². The third-order valence-corrected chi connectivity index (χ3v) is 3.40. The Morgan fingerprint density at radius 1 is 1.35 bits per heavy atom. The van der Waals surface area contributed by atoms with Crippen LogP contribution >= 0.6 is 11.6 Å². The van der Waals surface area contributed by atoms with Crippen LogP contribution in [-0.4, -0.2) is 20.2 Å². The summed E-state index contributed by atoms with van der Waals surface area (Å²) >= 11 is 5.98. The van der Waals surface area contributed by atoms with Gasteiger partial charge in [0, 0.05) is 16.3 Å². The van der Waals surface area contributed by atoms with Crippen molar-refractivity contribution in [3.05, 3.63) is 23.2 Å². The molecule has 1 fully saturated rings. The molecule has 0 spiro atoms. The Morgan fingerprint density at radius 3 is 2.88 bits per heavy atom. The molecule has 0 unspecified atom stereocenters. The molecule has 0 aliphatic heterocycles. The van der Waals surface area contributed by atoms with Crippen molar-refractivity contribution < 1.29 is 0 Å². The molecule has 0 atom stereocenters. The minimum atomic E-state index is 0.401. The van der Waals surface area contributed by atoms with Crippen molar-refractivity contribution in [2.24, 2.45) is 0 Å². The van der Waals surface area contributed by atoms with Crippen LogP contribution in [0.4, 0.5) is 5.69 Å². The fourth-order valence-corrected chi connectivity index (χ4v) is 2.14. The first-order valence-electron chi connectivity index (χ1n) is 5.59. The van der Waals surface area contributed by atoms with Gasteiger partial charge in [-0.1, -0.05) is 11.6 Å². The largest absolute Gasteiger partial charge is 0.398 e. The lowest BCUT2D eigenvalue weighted by molar-refractivity contribution is 0.287. The quantitative estimate of drug-likeness (QED) is 0.829. The second-order valence-electron chi connectivity index (χ2n) is 4.26. The molecule has 1 aliphatic rings.